The van der Waals surface area contributed by atoms with Crippen LogP contribution in [0.4, 0.5) is 5.69 Å². The van der Waals surface area contributed by atoms with Crippen molar-refractivity contribution in [2.45, 2.75) is 9.92 Å². The van der Waals surface area contributed by atoms with Gasteiger partial charge in [-0.2, -0.15) is 0 Å². The number of nitrogens with two attached hydrogens (primary N) is 1. The average molecular weight is 359 g/mol. The minimum atomic E-state index is 0.735. The van der Waals surface area contributed by atoms with Crippen LogP contribution in [0.3, 0.4) is 0 Å². The van der Waals surface area contributed by atoms with Gasteiger partial charge in [0.15, 0.2) is 0 Å². The Bertz CT molecular complexity index is 1030. The van der Waals surface area contributed by atoms with Crippen LogP contribution >= 0.6 is 11.8 Å². The standard InChI is InChI=1S/C20H17N5S/c1-25-12-16(21)17(13-25)26-18-11-23-19(15-7-9-22-10-8-15)20(24-18)14-5-3-2-4-6-14/h2-13H,21H2,1H3. The Morgan fingerprint density at radius 1 is 0.923 bits per heavy atom. The molecule has 0 aliphatic rings. The molecule has 0 radical (unpaired) electrons. The summed E-state index contributed by atoms with van der Waals surface area (Å²) in [6.45, 7) is 0. The van der Waals surface area contributed by atoms with E-state index in [-0.39, 0.29) is 0 Å². The van der Waals surface area contributed by atoms with E-state index in [0.717, 1.165) is 38.1 Å². The lowest BCUT2D eigenvalue weighted by Gasteiger charge is -2.10. The molecule has 0 unspecified atom stereocenters. The van der Waals surface area contributed by atoms with Gasteiger partial charge in [0.1, 0.15) is 5.03 Å². The van der Waals surface area contributed by atoms with Gasteiger partial charge >= 0.3 is 0 Å². The van der Waals surface area contributed by atoms with E-state index >= 15 is 0 Å². The largest absolute Gasteiger partial charge is 0.397 e. The molecule has 26 heavy (non-hydrogen) atoms. The van der Waals surface area contributed by atoms with Crippen molar-refractivity contribution in [1.82, 2.24) is 19.5 Å². The molecule has 5 nitrogen and oxygen atoms in total. The number of benzene rings is 1. The van der Waals surface area contributed by atoms with Crippen LogP contribution in [0.15, 0.2) is 83.4 Å². The van der Waals surface area contributed by atoms with Crippen molar-refractivity contribution in [2.75, 3.05) is 5.73 Å². The number of rotatable bonds is 4. The van der Waals surface area contributed by atoms with E-state index < -0.39 is 0 Å². The first-order valence-electron chi connectivity index (χ1n) is 8.13. The van der Waals surface area contributed by atoms with Crippen molar-refractivity contribution in [3.05, 3.63) is 73.4 Å². The van der Waals surface area contributed by atoms with Gasteiger partial charge in [-0.3, -0.25) is 9.97 Å². The normalized spacial score (nSPS) is 10.8. The fourth-order valence-electron chi connectivity index (χ4n) is 2.72. The van der Waals surface area contributed by atoms with Crippen molar-refractivity contribution in [2.24, 2.45) is 7.05 Å². The van der Waals surface area contributed by atoms with E-state index in [1.807, 2.05) is 66.5 Å². The lowest BCUT2D eigenvalue weighted by molar-refractivity contribution is 0.920. The molecule has 0 atom stereocenters. The van der Waals surface area contributed by atoms with Crippen molar-refractivity contribution >= 4 is 17.4 Å². The summed E-state index contributed by atoms with van der Waals surface area (Å²) >= 11 is 1.52. The molecule has 4 aromatic rings. The van der Waals surface area contributed by atoms with Gasteiger partial charge in [0, 0.05) is 43.0 Å². The summed E-state index contributed by atoms with van der Waals surface area (Å²) in [6.07, 6.45) is 9.19. The molecule has 3 heterocycles. The summed E-state index contributed by atoms with van der Waals surface area (Å²) in [5.74, 6) is 0. The number of hydrogen-bond donors (Lipinski definition) is 1. The summed E-state index contributed by atoms with van der Waals surface area (Å²) in [7, 11) is 1.95. The highest BCUT2D eigenvalue weighted by molar-refractivity contribution is 7.99. The smallest absolute Gasteiger partial charge is 0.120 e. The first kappa shape index (κ1) is 16.4. The van der Waals surface area contributed by atoms with Gasteiger partial charge < -0.3 is 10.3 Å². The summed E-state index contributed by atoms with van der Waals surface area (Å²) in [4.78, 5) is 14.6. The van der Waals surface area contributed by atoms with Crippen molar-refractivity contribution in [1.29, 1.82) is 0 Å². The zero-order chi connectivity index (χ0) is 17.9. The minimum Gasteiger partial charge on any atom is -0.397 e. The second kappa shape index (κ2) is 7.01. The van der Waals surface area contributed by atoms with Gasteiger partial charge in [0.25, 0.3) is 0 Å². The molecule has 128 valence electrons. The molecule has 0 saturated carbocycles. The van der Waals surface area contributed by atoms with E-state index in [4.69, 9.17) is 15.7 Å². The lowest BCUT2D eigenvalue weighted by atomic mass is 10.1. The zero-order valence-electron chi connectivity index (χ0n) is 14.2. The predicted molar refractivity (Wildman–Crippen MR) is 105 cm³/mol. The van der Waals surface area contributed by atoms with Gasteiger partial charge in [-0.25, -0.2) is 4.98 Å². The summed E-state index contributed by atoms with van der Waals surface area (Å²) < 4.78 is 1.94. The van der Waals surface area contributed by atoms with Crippen LogP contribution < -0.4 is 5.73 Å². The molecule has 3 aromatic heterocycles. The lowest BCUT2D eigenvalue weighted by Crippen LogP contribution is -1.95. The first-order valence-corrected chi connectivity index (χ1v) is 8.94. The minimum absolute atomic E-state index is 0.735. The molecule has 0 bridgehead atoms. The average Bonchev–Trinajstić information content (AvgIpc) is 3.00. The fourth-order valence-corrected chi connectivity index (χ4v) is 3.58. The molecule has 0 saturated heterocycles. The van der Waals surface area contributed by atoms with Gasteiger partial charge in [-0.1, -0.05) is 42.1 Å². The maximum atomic E-state index is 6.06. The Labute approximate surface area is 156 Å². The Balaban J connectivity index is 1.80. The van der Waals surface area contributed by atoms with Crippen LogP contribution in [-0.2, 0) is 7.05 Å². The number of pyridine rings is 1. The topological polar surface area (TPSA) is 69.6 Å². The molecule has 6 heteroatoms. The van der Waals surface area contributed by atoms with E-state index in [2.05, 4.69) is 4.98 Å². The van der Waals surface area contributed by atoms with E-state index in [9.17, 15) is 0 Å². The van der Waals surface area contributed by atoms with Crippen LogP contribution in [0.1, 0.15) is 0 Å². The van der Waals surface area contributed by atoms with Gasteiger partial charge in [-0.05, 0) is 12.1 Å². The Morgan fingerprint density at radius 2 is 1.65 bits per heavy atom. The van der Waals surface area contributed by atoms with E-state index in [1.165, 1.54) is 11.8 Å². The number of nitrogens with zero attached hydrogens (tertiary/aromatic N) is 4. The number of anilines is 1. The van der Waals surface area contributed by atoms with Crippen LogP contribution in [-0.4, -0.2) is 19.5 Å². The quantitative estimate of drug-likeness (QED) is 0.589. The van der Waals surface area contributed by atoms with Crippen LogP contribution in [0.5, 0.6) is 0 Å². The second-order valence-electron chi connectivity index (χ2n) is 5.85. The van der Waals surface area contributed by atoms with Crippen molar-refractivity contribution in [3.8, 4) is 22.5 Å². The SMILES string of the molecule is Cn1cc(N)c(Sc2cnc(-c3ccncc3)c(-c3ccccc3)n2)c1. The highest BCUT2D eigenvalue weighted by Crippen LogP contribution is 2.35. The summed E-state index contributed by atoms with van der Waals surface area (Å²) in [5, 5.41) is 0.805. The Morgan fingerprint density at radius 3 is 2.35 bits per heavy atom. The third-order valence-corrected chi connectivity index (χ3v) is 4.88. The summed E-state index contributed by atoms with van der Waals surface area (Å²) in [6, 6.07) is 14.0. The third-order valence-electron chi connectivity index (χ3n) is 3.91. The number of nitrogen functional groups attached to an aromatic ring is 1. The van der Waals surface area contributed by atoms with Crippen LogP contribution in [0, 0.1) is 0 Å². The molecule has 0 spiro atoms. The van der Waals surface area contributed by atoms with Gasteiger partial charge in [-0.15, -0.1) is 0 Å². The third kappa shape index (κ3) is 3.32. The zero-order valence-corrected chi connectivity index (χ0v) is 15.0. The maximum Gasteiger partial charge on any atom is 0.120 e. The summed E-state index contributed by atoms with van der Waals surface area (Å²) in [5.41, 5.74) is 10.5. The van der Waals surface area contributed by atoms with Gasteiger partial charge in [0.2, 0.25) is 0 Å². The number of aromatic nitrogens is 4. The number of aryl methyl sites for hydroxylation is 1. The predicted octanol–water partition coefficient (Wildman–Crippen LogP) is 4.28. The monoisotopic (exact) mass is 359 g/mol. The fraction of sp³-hybridized carbons (Fsp3) is 0.0500. The molecule has 2 N–H and O–H groups in total. The molecule has 4 rings (SSSR count). The van der Waals surface area contributed by atoms with Crippen molar-refractivity contribution in [3.63, 3.8) is 0 Å². The van der Waals surface area contributed by atoms with E-state index in [1.54, 1.807) is 18.6 Å². The Hall–Kier alpha value is -3.12. The Kier molecular flexibility index (Phi) is 4.41. The highest BCUT2D eigenvalue weighted by Gasteiger charge is 2.14. The number of hydrogen-bond acceptors (Lipinski definition) is 5. The van der Waals surface area contributed by atoms with Crippen LogP contribution in [0.2, 0.25) is 0 Å². The molecule has 1 aromatic carbocycles. The van der Waals surface area contributed by atoms with E-state index in [0.29, 0.717) is 0 Å². The second-order valence-corrected chi connectivity index (χ2v) is 6.91. The maximum absolute atomic E-state index is 6.06. The highest BCUT2D eigenvalue weighted by atomic mass is 32.2. The molecular formula is C20H17N5S. The molecule has 0 aliphatic heterocycles. The molecule has 0 amide bonds. The molecule has 0 aliphatic carbocycles. The first-order chi connectivity index (χ1) is 12.7. The molecule has 0 fully saturated rings. The van der Waals surface area contributed by atoms with Gasteiger partial charge in [0.05, 0.1) is 28.2 Å². The van der Waals surface area contributed by atoms with Crippen molar-refractivity contribution < 1.29 is 0 Å². The molecular weight excluding hydrogens is 342 g/mol. The van der Waals surface area contributed by atoms with Crippen LogP contribution in [0.25, 0.3) is 22.5 Å².